The third kappa shape index (κ3) is 1.97. The molecule has 0 spiro atoms. The summed E-state index contributed by atoms with van der Waals surface area (Å²) in [6.45, 7) is 0. The van der Waals surface area contributed by atoms with Crippen LogP contribution in [0.3, 0.4) is 0 Å². The molecule has 0 unspecified atom stereocenters. The van der Waals surface area contributed by atoms with E-state index >= 15 is 0 Å². The molecule has 0 fully saturated rings. The molecule has 0 saturated heterocycles. The molecular formula is C6H6BIO2. The zero-order chi connectivity index (χ0) is 7.56. The molecule has 1 aromatic rings. The van der Waals surface area contributed by atoms with Gasteiger partial charge in [0.05, 0.1) is 0 Å². The maximum Gasteiger partial charge on any atom is 0.488 e. The van der Waals surface area contributed by atoms with Crippen molar-refractivity contribution in [1.82, 2.24) is 0 Å². The predicted molar refractivity (Wildman–Crippen MR) is 49.0 cm³/mol. The molecule has 0 saturated carbocycles. The summed E-state index contributed by atoms with van der Waals surface area (Å²) in [6, 6.07) is 7.08. The van der Waals surface area contributed by atoms with Gasteiger partial charge in [-0.25, -0.2) is 0 Å². The van der Waals surface area contributed by atoms with Crippen molar-refractivity contribution in [3.05, 3.63) is 27.8 Å². The Labute approximate surface area is 73.2 Å². The van der Waals surface area contributed by atoms with Crippen LogP contribution in [0.2, 0.25) is 0 Å². The zero-order valence-corrected chi connectivity index (χ0v) is 7.32. The van der Waals surface area contributed by atoms with E-state index in [1.54, 1.807) is 18.2 Å². The van der Waals surface area contributed by atoms with Crippen molar-refractivity contribution in [2.24, 2.45) is 0 Å². The van der Waals surface area contributed by atoms with Gasteiger partial charge in [0.25, 0.3) is 0 Å². The van der Waals surface area contributed by atoms with E-state index in [1.807, 2.05) is 6.07 Å². The van der Waals surface area contributed by atoms with E-state index < -0.39 is 7.12 Å². The van der Waals surface area contributed by atoms with Crippen molar-refractivity contribution in [2.45, 2.75) is 0 Å². The predicted octanol–water partition coefficient (Wildman–Crippen LogP) is -0.0290. The third-order valence-electron chi connectivity index (χ3n) is 1.15. The number of rotatable bonds is 1. The summed E-state index contributed by atoms with van der Waals surface area (Å²) in [5.41, 5.74) is 0.534. The van der Waals surface area contributed by atoms with E-state index in [2.05, 4.69) is 22.6 Å². The van der Waals surface area contributed by atoms with E-state index in [0.29, 0.717) is 5.46 Å². The lowest BCUT2D eigenvalue weighted by Gasteiger charge is -1.97. The van der Waals surface area contributed by atoms with Crippen molar-refractivity contribution in [1.29, 1.82) is 0 Å². The third-order valence-corrected chi connectivity index (χ3v) is 1.82. The van der Waals surface area contributed by atoms with Gasteiger partial charge in [-0.3, -0.25) is 0 Å². The summed E-state index contributed by atoms with van der Waals surface area (Å²) in [5, 5.41) is 17.4. The van der Waals surface area contributed by atoms with Crippen molar-refractivity contribution in [2.75, 3.05) is 0 Å². The SMILES string of the molecule is OB(O)c1cccc(I)c1. The van der Waals surface area contributed by atoms with Gasteiger partial charge in [-0.05, 0) is 40.2 Å². The molecule has 0 radical (unpaired) electrons. The highest BCUT2D eigenvalue weighted by Gasteiger charge is 2.09. The Bertz CT molecular complexity index is 227. The van der Waals surface area contributed by atoms with Crippen molar-refractivity contribution < 1.29 is 10.0 Å². The number of halogens is 1. The van der Waals surface area contributed by atoms with Crippen LogP contribution in [0.5, 0.6) is 0 Å². The van der Waals surface area contributed by atoms with Gasteiger partial charge in [-0.15, -0.1) is 0 Å². The van der Waals surface area contributed by atoms with Crippen molar-refractivity contribution >= 4 is 35.2 Å². The van der Waals surface area contributed by atoms with Gasteiger partial charge in [0.2, 0.25) is 0 Å². The Hall–Kier alpha value is -0.0651. The molecule has 0 aliphatic rings. The van der Waals surface area contributed by atoms with Crippen molar-refractivity contribution in [3.63, 3.8) is 0 Å². The minimum absolute atomic E-state index is 0.534. The Morgan fingerprint density at radius 3 is 2.40 bits per heavy atom. The van der Waals surface area contributed by atoms with E-state index in [1.165, 1.54) is 0 Å². The minimum atomic E-state index is -1.35. The lowest BCUT2D eigenvalue weighted by molar-refractivity contribution is 0.426. The number of benzene rings is 1. The fraction of sp³-hybridized carbons (Fsp3) is 0. The van der Waals surface area contributed by atoms with Crippen LogP contribution in [0.4, 0.5) is 0 Å². The van der Waals surface area contributed by atoms with Crippen LogP contribution in [0.1, 0.15) is 0 Å². The Morgan fingerprint density at radius 2 is 2.00 bits per heavy atom. The van der Waals surface area contributed by atoms with Gasteiger partial charge in [0, 0.05) is 3.57 Å². The van der Waals surface area contributed by atoms with Gasteiger partial charge >= 0.3 is 7.12 Å². The zero-order valence-electron chi connectivity index (χ0n) is 5.16. The minimum Gasteiger partial charge on any atom is -0.423 e. The maximum atomic E-state index is 8.70. The lowest BCUT2D eigenvalue weighted by Crippen LogP contribution is -2.29. The summed E-state index contributed by atoms with van der Waals surface area (Å²) in [7, 11) is -1.35. The molecule has 2 nitrogen and oxygen atoms in total. The first-order valence-electron chi connectivity index (χ1n) is 2.82. The second kappa shape index (κ2) is 3.36. The Balaban J connectivity index is 2.96. The smallest absolute Gasteiger partial charge is 0.423 e. The highest BCUT2D eigenvalue weighted by molar-refractivity contribution is 14.1. The van der Waals surface area contributed by atoms with Gasteiger partial charge in [0.1, 0.15) is 0 Å². The molecule has 0 aromatic heterocycles. The Morgan fingerprint density at radius 1 is 1.30 bits per heavy atom. The van der Waals surface area contributed by atoms with Crippen LogP contribution in [0, 0.1) is 3.57 Å². The molecule has 2 N–H and O–H groups in total. The highest BCUT2D eigenvalue weighted by Crippen LogP contribution is 1.99. The first kappa shape index (κ1) is 8.04. The van der Waals surface area contributed by atoms with Gasteiger partial charge < -0.3 is 10.0 Å². The Kier molecular flexibility index (Phi) is 2.70. The second-order valence-electron chi connectivity index (χ2n) is 1.93. The maximum absolute atomic E-state index is 8.70. The average Bonchev–Trinajstić information content (AvgIpc) is 1.88. The molecule has 0 bridgehead atoms. The average molecular weight is 248 g/mol. The number of hydrogen-bond acceptors (Lipinski definition) is 2. The summed E-state index contributed by atoms with van der Waals surface area (Å²) >= 11 is 2.12. The van der Waals surface area contributed by atoms with E-state index in [-0.39, 0.29) is 0 Å². The fourth-order valence-corrected chi connectivity index (χ4v) is 1.23. The summed E-state index contributed by atoms with van der Waals surface area (Å²) in [5.74, 6) is 0. The van der Waals surface area contributed by atoms with Crippen LogP contribution < -0.4 is 5.46 Å². The monoisotopic (exact) mass is 248 g/mol. The number of hydrogen-bond donors (Lipinski definition) is 2. The lowest BCUT2D eigenvalue weighted by atomic mass is 9.81. The molecule has 52 valence electrons. The summed E-state index contributed by atoms with van der Waals surface area (Å²) in [6.07, 6.45) is 0. The van der Waals surface area contributed by atoms with Crippen LogP contribution in [0.25, 0.3) is 0 Å². The molecule has 4 heteroatoms. The largest absolute Gasteiger partial charge is 0.488 e. The summed E-state index contributed by atoms with van der Waals surface area (Å²) < 4.78 is 1.00. The first-order valence-corrected chi connectivity index (χ1v) is 3.89. The first-order chi connectivity index (χ1) is 4.70. The van der Waals surface area contributed by atoms with Crippen LogP contribution in [-0.2, 0) is 0 Å². The second-order valence-corrected chi connectivity index (χ2v) is 3.17. The quantitative estimate of drug-likeness (QED) is 0.541. The van der Waals surface area contributed by atoms with Gasteiger partial charge in [0.15, 0.2) is 0 Å². The van der Waals surface area contributed by atoms with Crippen LogP contribution in [0.15, 0.2) is 24.3 Å². The molecular weight excluding hydrogens is 242 g/mol. The topological polar surface area (TPSA) is 40.5 Å². The molecule has 0 heterocycles. The molecule has 0 aliphatic carbocycles. The van der Waals surface area contributed by atoms with Crippen LogP contribution in [-0.4, -0.2) is 17.2 Å². The highest BCUT2D eigenvalue weighted by atomic mass is 127. The molecule has 1 aromatic carbocycles. The van der Waals surface area contributed by atoms with E-state index in [4.69, 9.17) is 10.0 Å². The normalized spacial score (nSPS) is 9.50. The fourth-order valence-electron chi connectivity index (χ4n) is 0.667. The molecule has 10 heavy (non-hydrogen) atoms. The van der Waals surface area contributed by atoms with E-state index in [9.17, 15) is 0 Å². The van der Waals surface area contributed by atoms with Crippen LogP contribution >= 0.6 is 22.6 Å². The van der Waals surface area contributed by atoms with Crippen molar-refractivity contribution in [3.8, 4) is 0 Å². The van der Waals surface area contributed by atoms with Gasteiger partial charge in [-0.1, -0.05) is 12.1 Å². The van der Waals surface area contributed by atoms with E-state index in [0.717, 1.165) is 3.57 Å². The molecule has 1 rings (SSSR count). The standard InChI is InChI=1S/C6H6BIO2/c8-6-3-1-2-5(4-6)7(9)10/h1-4,9-10H. The van der Waals surface area contributed by atoms with Gasteiger partial charge in [-0.2, -0.15) is 0 Å². The molecule has 0 atom stereocenters. The molecule has 0 aliphatic heterocycles. The summed E-state index contributed by atoms with van der Waals surface area (Å²) in [4.78, 5) is 0. The molecule has 0 amide bonds.